The number of nitrogens with one attached hydrogen (secondary N) is 1. The fraction of sp³-hybridized carbons (Fsp3) is 0.467. The predicted molar refractivity (Wildman–Crippen MR) is 73.4 cm³/mol. The number of ether oxygens (including phenoxy) is 1. The van der Waals surface area contributed by atoms with Crippen molar-refractivity contribution in [2.45, 2.75) is 19.3 Å². The molecular formula is C15H18FNO4. The van der Waals surface area contributed by atoms with E-state index in [1.807, 2.05) is 0 Å². The van der Waals surface area contributed by atoms with Crippen molar-refractivity contribution in [3.8, 4) is 5.75 Å². The maximum Gasteiger partial charge on any atom is 0.306 e. The van der Waals surface area contributed by atoms with Gasteiger partial charge in [-0.2, -0.15) is 0 Å². The largest absolute Gasteiger partial charge is 0.484 e. The van der Waals surface area contributed by atoms with Crippen LogP contribution in [0.1, 0.15) is 19.3 Å². The number of carbonyl (C=O) groups is 2. The van der Waals surface area contributed by atoms with Crippen LogP contribution in [0.25, 0.3) is 0 Å². The Labute approximate surface area is 122 Å². The molecule has 21 heavy (non-hydrogen) atoms. The summed E-state index contributed by atoms with van der Waals surface area (Å²) >= 11 is 0. The molecule has 5 nitrogen and oxygen atoms in total. The van der Waals surface area contributed by atoms with E-state index in [9.17, 15) is 14.0 Å². The Kier molecular flexibility index (Phi) is 5.14. The molecule has 2 rings (SSSR count). The van der Waals surface area contributed by atoms with Gasteiger partial charge in [-0.05, 0) is 43.0 Å². The van der Waals surface area contributed by atoms with E-state index in [0.29, 0.717) is 18.7 Å². The zero-order chi connectivity index (χ0) is 15.2. The minimum Gasteiger partial charge on any atom is -0.484 e. The number of halogens is 1. The highest BCUT2D eigenvalue weighted by Gasteiger charge is 2.32. The first-order valence-electron chi connectivity index (χ1n) is 6.94. The molecule has 0 radical (unpaired) electrons. The lowest BCUT2D eigenvalue weighted by atomic mass is 9.96. The first-order chi connectivity index (χ1) is 10.1. The van der Waals surface area contributed by atoms with Gasteiger partial charge in [0.2, 0.25) is 0 Å². The first-order valence-corrected chi connectivity index (χ1v) is 6.94. The summed E-state index contributed by atoms with van der Waals surface area (Å²) in [6.07, 6.45) is 2.36. The number of benzene rings is 1. The number of hydrogen-bond acceptors (Lipinski definition) is 3. The maximum atomic E-state index is 12.7. The van der Waals surface area contributed by atoms with Gasteiger partial charge in [-0.1, -0.05) is 6.42 Å². The molecule has 114 valence electrons. The van der Waals surface area contributed by atoms with Crippen molar-refractivity contribution in [1.82, 2.24) is 5.32 Å². The molecule has 2 atom stereocenters. The van der Waals surface area contributed by atoms with Crippen molar-refractivity contribution < 1.29 is 23.8 Å². The third-order valence-electron chi connectivity index (χ3n) is 3.72. The van der Waals surface area contributed by atoms with Gasteiger partial charge in [-0.15, -0.1) is 0 Å². The Bertz CT molecular complexity index is 503. The average molecular weight is 295 g/mol. The highest BCUT2D eigenvalue weighted by molar-refractivity contribution is 5.77. The number of rotatable bonds is 6. The Morgan fingerprint density at radius 3 is 2.67 bits per heavy atom. The third kappa shape index (κ3) is 4.44. The van der Waals surface area contributed by atoms with Crippen molar-refractivity contribution in [2.75, 3.05) is 13.2 Å². The van der Waals surface area contributed by atoms with E-state index < -0.39 is 5.97 Å². The summed E-state index contributed by atoms with van der Waals surface area (Å²) in [6, 6.07) is 5.40. The van der Waals surface area contributed by atoms with Crippen LogP contribution in [0.15, 0.2) is 24.3 Å². The van der Waals surface area contributed by atoms with Gasteiger partial charge in [-0.25, -0.2) is 4.39 Å². The molecule has 0 aliphatic heterocycles. The minimum absolute atomic E-state index is 0.0164. The van der Waals surface area contributed by atoms with Gasteiger partial charge in [0, 0.05) is 6.54 Å². The second kappa shape index (κ2) is 7.06. The summed E-state index contributed by atoms with van der Waals surface area (Å²) in [5.41, 5.74) is 0. The second-order valence-corrected chi connectivity index (χ2v) is 5.18. The zero-order valence-corrected chi connectivity index (χ0v) is 11.5. The van der Waals surface area contributed by atoms with Gasteiger partial charge in [0.1, 0.15) is 11.6 Å². The highest BCUT2D eigenvalue weighted by atomic mass is 19.1. The number of carbonyl (C=O) groups excluding carboxylic acids is 1. The monoisotopic (exact) mass is 295 g/mol. The van der Waals surface area contributed by atoms with E-state index in [2.05, 4.69) is 5.32 Å². The van der Waals surface area contributed by atoms with Gasteiger partial charge < -0.3 is 15.2 Å². The second-order valence-electron chi connectivity index (χ2n) is 5.18. The molecule has 0 saturated heterocycles. The van der Waals surface area contributed by atoms with E-state index in [0.717, 1.165) is 12.8 Å². The molecule has 0 spiro atoms. The van der Waals surface area contributed by atoms with Crippen LogP contribution in [0, 0.1) is 17.7 Å². The quantitative estimate of drug-likeness (QED) is 0.839. The predicted octanol–water partition coefficient (Wildman–Crippen LogP) is 1.82. The molecule has 1 aromatic carbocycles. The topological polar surface area (TPSA) is 75.6 Å². The summed E-state index contributed by atoms with van der Waals surface area (Å²) in [6.45, 7) is 0.179. The summed E-state index contributed by atoms with van der Waals surface area (Å²) in [7, 11) is 0. The number of aliphatic carboxylic acids is 1. The summed E-state index contributed by atoms with van der Waals surface area (Å²) in [5.74, 6) is -1.45. The lowest BCUT2D eigenvalue weighted by Crippen LogP contribution is -2.35. The van der Waals surface area contributed by atoms with Gasteiger partial charge >= 0.3 is 5.97 Å². The highest BCUT2D eigenvalue weighted by Crippen LogP contribution is 2.31. The zero-order valence-electron chi connectivity index (χ0n) is 11.5. The molecule has 1 aliphatic carbocycles. The number of hydrogen-bond donors (Lipinski definition) is 2. The SMILES string of the molecule is O=C(COc1ccc(F)cc1)NCC1CCCC1C(=O)O. The summed E-state index contributed by atoms with van der Waals surface area (Å²) < 4.78 is 17.9. The Morgan fingerprint density at radius 2 is 2.00 bits per heavy atom. The summed E-state index contributed by atoms with van der Waals surface area (Å²) in [5, 5.41) is 11.7. The molecule has 0 aromatic heterocycles. The van der Waals surface area contributed by atoms with Gasteiger partial charge in [0.15, 0.2) is 6.61 Å². The van der Waals surface area contributed by atoms with Crippen molar-refractivity contribution in [2.24, 2.45) is 11.8 Å². The molecule has 1 saturated carbocycles. The summed E-state index contributed by atoms with van der Waals surface area (Å²) in [4.78, 5) is 22.7. The van der Waals surface area contributed by atoms with Gasteiger partial charge in [-0.3, -0.25) is 9.59 Å². The molecule has 0 bridgehead atoms. The van der Waals surface area contributed by atoms with Crippen LogP contribution >= 0.6 is 0 Å². The Balaban J connectivity index is 1.72. The Hall–Kier alpha value is -2.11. The van der Waals surface area contributed by atoms with Crippen molar-refractivity contribution in [3.05, 3.63) is 30.1 Å². The lowest BCUT2D eigenvalue weighted by Gasteiger charge is -2.16. The van der Waals surface area contributed by atoms with E-state index in [-0.39, 0.29) is 30.2 Å². The molecule has 6 heteroatoms. The van der Waals surface area contributed by atoms with E-state index in [4.69, 9.17) is 9.84 Å². The van der Waals surface area contributed by atoms with Crippen LogP contribution in [0.5, 0.6) is 5.75 Å². The third-order valence-corrected chi connectivity index (χ3v) is 3.72. The van der Waals surface area contributed by atoms with Crippen molar-refractivity contribution in [3.63, 3.8) is 0 Å². The molecular weight excluding hydrogens is 277 g/mol. The van der Waals surface area contributed by atoms with E-state index >= 15 is 0 Å². The van der Waals surface area contributed by atoms with Crippen molar-refractivity contribution >= 4 is 11.9 Å². The van der Waals surface area contributed by atoms with Crippen LogP contribution in [0.3, 0.4) is 0 Å². The number of amides is 1. The van der Waals surface area contributed by atoms with Crippen LogP contribution < -0.4 is 10.1 Å². The van der Waals surface area contributed by atoms with Crippen LogP contribution in [0.4, 0.5) is 4.39 Å². The average Bonchev–Trinajstić information content (AvgIpc) is 2.93. The normalized spacial score (nSPS) is 21.0. The van der Waals surface area contributed by atoms with E-state index in [1.54, 1.807) is 0 Å². The van der Waals surface area contributed by atoms with Crippen molar-refractivity contribution in [1.29, 1.82) is 0 Å². The standard InChI is InChI=1S/C15H18FNO4/c16-11-4-6-12(7-5-11)21-9-14(18)17-8-10-2-1-3-13(10)15(19)20/h4-7,10,13H,1-3,8-9H2,(H,17,18)(H,19,20). The molecule has 1 aliphatic rings. The lowest BCUT2D eigenvalue weighted by molar-refractivity contribution is -0.143. The Morgan fingerprint density at radius 1 is 1.29 bits per heavy atom. The molecule has 2 N–H and O–H groups in total. The molecule has 1 fully saturated rings. The molecule has 1 aromatic rings. The fourth-order valence-electron chi connectivity index (χ4n) is 2.58. The number of carboxylic acid groups (broad SMARTS) is 1. The number of carboxylic acids is 1. The van der Waals surface area contributed by atoms with Crippen LogP contribution in [0.2, 0.25) is 0 Å². The smallest absolute Gasteiger partial charge is 0.306 e. The van der Waals surface area contributed by atoms with Gasteiger partial charge in [0.05, 0.1) is 5.92 Å². The molecule has 1 amide bonds. The molecule has 0 heterocycles. The molecule has 2 unspecified atom stereocenters. The fourth-order valence-corrected chi connectivity index (χ4v) is 2.58. The van der Waals surface area contributed by atoms with Crippen LogP contribution in [-0.4, -0.2) is 30.1 Å². The van der Waals surface area contributed by atoms with E-state index in [1.165, 1.54) is 24.3 Å². The first kappa shape index (κ1) is 15.3. The minimum atomic E-state index is -0.797. The van der Waals surface area contributed by atoms with Gasteiger partial charge in [0.25, 0.3) is 5.91 Å². The maximum absolute atomic E-state index is 12.7. The van der Waals surface area contributed by atoms with Crippen LogP contribution in [-0.2, 0) is 9.59 Å².